The number of methoxy groups -OCH3 is 1. The number of fused-ring (bicyclic) bond motifs is 1. The van der Waals surface area contributed by atoms with Crippen LogP contribution in [-0.2, 0) is 6.42 Å². The second kappa shape index (κ2) is 7.13. The lowest BCUT2D eigenvalue weighted by atomic mass is 9.93. The maximum atomic E-state index is 9.08. The molecule has 0 aliphatic carbocycles. The number of nitriles is 1. The molecule has 1 aromatic heterocycles. The van der Waals surface area contributed by atoms with E-state index in [9.17, 15) is 0 Å². The molecule has 0 unspecified atom stereocenters. The Labute approximate surface area is 159 Å². The van der Waals surface area contributed by atoms with Crippen molar-refractivity contribution in [2.45, 2.75) is 12.8 Å². The van der Waals surface area contributed by atoms with Gasteiger partial charge in [-0.15, -0.1) is 0 Å². The van der Waals surface area contributed by atoms with Gasteiger partial charge in [0.1, 0.15) is 11.6 Å². The van der Waals surface area contributed by atoms with E-state index in [2.05, 4.69) is 24.1 Å². The highest BCUT2D eigenvalue weighted by molar-refractivity contribution is 5.79. The molecule has 2 heterocycles. The first-order valence-electron chi connectivity index (χ1n) is 9.09. The summed E-state index contributed by atoms with van der Waals surface area (Å²) in [6.07, 6.45) is 2.14. The van der Waals surface area contributed by atoms with E-state index in [1.165, 1.54) is 11.1 Å². The molecule has 0 spiro atoms. The molecular formula is C23H21N3O. The molecule has 4 rings (SSSR count). The molecular weight excluding hydrogens is 334 g/mol. The fourth-order valence-corrected chi connectivity index (χ4v) is 3.61. The summed E-state index contributed by atoms with van der Waals surface area (Å²) >= 11 is 0. The van der Waals surface area contributed by atoms with Gasteiger partial charge in [0.25, 0.3) is 0 Å². The summed E-state index contributed by atoms with van der Waals surface area (Å²) in [6, 6.07) is 20.2. The summed E-state index contributed by atoms with van der Waals surface area (Å²) in [4.78, 5) is 7.21. The first kappa shape index (κ1) is 17.1. The Balaban J connectivity index is 1.88. The molecule has 0 bridgehead atoms. The fraction of sp³-hybridized carbons (Fsp3) is 0.217. The van der Waals surface area contributed by atoms with Gasteiger partial charge in [0, 0.05) is 24.7 Å². The minimum atomic E-state index is 0.675. The second-order valence-electron chi connectivity index (χ2n) is 6.80. The summed E-state index contributed by atoms with van der Waals surface area (Å²) in [5.41, 5.74) is 6.29. The number of rotatable bonds is 3. The molecule has 1 aliphatic heterocycles. The number of anilines is 1. The van der Waals surface area contributed by atoms with Gasteiger partial charge >= 0.3 is 0 Å². The van der Waals surface area contributed by atoms with Gasteiger partial charge in [0.2, 0.25) is 0 Å². The van der Waals surface area contributed by atoms with Crippen molar-refractivity contribution in [3.63, 3.8) is 0 Å². The van der Waals surface area contributed by atoms with Crippen LogP contribution in [0.1, 0.15) is 17.5 Å². The van der Waals surface area contributed by atoms with Crippen LogP contribution in [0.15, 0.2) is 54.6 Å². The molecule has 1 aliphatic rings. The number of hydrogen-bond donors (Lipinski definition) is 0. The summed E-state index contributed by atoms with van der Waals surface area (Å²) in [5, 5.41) is 9.08. The van der Waals surface area contributed by atoms with Crippen LogP contribution in [0.4, 0.5) is 5.82 Å². The van der Waals surface area contributed by atoms with Gasteiger partial charge in [-0.25, -0.2) is 4.98 Å². The standard InChI is InChI=1S/C23H21N3O/c1-26-13-3-4-20-21(17-7-5-16(15-24)6-8-17)14-22(25-23(20)26)18-9-11-19(27-2)12-10-18/h5-12,14H,3-4,13H2,1-2H3. The number of benzene rings is 2. The Hall–Kier alpha value is -3.32. The average molecular weight is 355 g/mol. The molecule has 4 heteroatoms. The highest BCUT2D eigenvalue weighted by Crippen LogP contribution is 2.37. The number of ether oxygens (including phenoxy) is 1. The SMILES string of the molecule is COc1ccc(-c2cc(-c3ccc(C#N)cc3)c3c(n2)N(C)CCC3)cc1. The van der Waals surface area contributed by atoms with E-state index in [0.29, 0.717) is 5.56 Å². The van der Waals surface area contributed by atoms with Crippen molar-refractivity contribution < 1.29 is 4.74 Å². The molecule has 0 N–H and O–H groups in total. The zero-order valence-electron chi connectivity index (χ0n) is 15.6. The zero-order valence-corrected chi connectivity index (χ0v) is 15.6. The third-order valence-electron chi connectivity index (χ3n) is 5.10. The van der Waals surface area contributed by atoms with Gasteiger partial charge < -0.3 is 9.64 Å². The average Bonchev–Trinajstić information content (AvgIpc) is 2.73. The largest absolute Gasteiger partial charge is 0.497 e. The van der Waals surface area contributed by atoms with Crippen LogP contribution in [0, 0.1) is 11.3 Å². The fourth-order valence-electron chi connectivity index (χ4n) is 3.61. The Kier molecular flexibility index (Phi) is 4.52. The normalized spacial score (nSPS) is 13.0. The van der Waals surface area contributed by atoms with E-state index < -0.39 is 0 Å². The summed E-state index contributed by atoms with van der Waals surface area (Å²) < 4.78 is 5.27. The lowest BCUT2D eigenvalue weighted by Gasteiger charge is -2.29. The van der Waals surface area contributed by atoms with Gasteiger partial charge in [-0.1, -0.05) is 12.1 Å². The van der Waals surface area contributed by atoms with Crippen molar-refractivity contribution in [3.05, 3.63) is 65.7 Å². The van der Waals surface area contributed by atoms with E-state index in [1.807, 2.05) is 48.5 Å². The Morgan fingerprint density at radius 1 is 1.04 bits per heavy atom. The Bertz CT molecular complexity index is 1000. The van der Waals surface area contributed by atoms with E-state index in [4.69, 9.17) is 15.0 Å². The molecule has 0 amide bonds. The lowest BCUT2D eigenvalue weighted by molar-refractivity contribution is 0.415. The van der Waals surface area contributed by atoms with E-state index in [1.54, 1.807) is 7.11 Å². The lowest BCUT2D eigenvalue weighted by Crippen LogP contribution is -2.26. The van der Waals surface area contributed by atoms with Gasteiger partial charge in [0.05, 0.1) is 24.4 Å². The molecule has 0 radical (unpaired) electrons. The molecule has 0 fully saturated rings. The zero-order chi connectivity index (χ0) is 18.8. The predicted molar refractivity (Wildman–Crippen MR) is 108 cm³/mol. The molecule has 0 saturated heterocycles. The maximum Gasteiger partial charge on any atom is 0.132 e. The molecule has 2 aromatic carbocycles. The third-order valence-corrected chi connectivity index (χ3v) is 5.10. The second-order valence-corrected chi connectivity index (χ2v) is 6.80. The van der Waals surface area contributed by atoms with Crippen molar-refractivity contribution in [2.24, 2.45) is 0 Å². The minimum Gasteiger partial charge on any atom is -0.497 e. The summed E-state index contributed by atoms with van der Waals surface area (Å²) in [7, 11) is 3.77. The smallest absolute Gasteiger partial charge is 0.132 e. The highest BCUT2D eigenvalue weighted by atomic mass is 16.5. The van der Waals surface area contributed by atoms with Crippen LogP contribution in [0.5, 0.6) is 5.75 Å². The quantitative estimate of drug-likeness (QED) is 0.684. The predicted octanol–water partition coefficient (Wildman–Crippen LogP) is 4.68. The molecule has 0 saturated carbocycles. The van der Waals surface area contributed by atoms with Crippen LogP contribution < -0.4 is 9.64 Å². The Morgan fingerprint density at radius 2 is 1.74 bits per heavy atom. The summed E-state index contributed by atoms with van der Waals surface area (Å²) in [6.45, 7) is 1.01. The van der Waals surface area contributed by atoms with Crippen LogP contribution in [0.2, 0.25) is 0 Å². The first-order chi connectivity index (χ1) is 13.2. The van der Waals surface area contributed by atoms with E-state index >= 15 is 0 Å². The van der Waals surface area contributed by atoms with Crippen molar-refractivity contribution in [3.8, 4) is 34.2 Å². The molecule has 4 nitrogen and oxygen atoms in total. The van der Waals surface area contributed by atoms with Gasteiger partial charge in [-0.3, -0.25) is 0 Å². The van der Waals surface area contributed by atoms with Crippen LogP contribution >= 0.6 is 0 Å². The summed E-state index contributed by atoms with van der Waals surface area (Å²) in [5.74, 6) is 1.88. The highest BCUT2D eigenvalue weighted by Gasteiger charge is 2.21. The first-order valence-corrected chi connectivity index (χ1v) is 9.09. The third kappa shape index (κ3) is 3.24. The molecule has 3 aromatic rings. The van der Waals surface area contributed by atoms with Gasteiger partial charge in [-0.05, 0) is 66.4 Å². The van der Waals surface area contributed by atoms with Crippen molar-refractivity contribution in [1.82, 2.24) is 4.98 Å². The van der Waals surface area contributed by atoms with E-state index in [0.717, 1.165) is 47.8 Å². The molecule has 134 valence electrons. The number of pyridine rings is 1. The monoisotopic (exact) mass is 355 g/mol. The van der Waals surface area contributed by atoms with Crippen molar-refractivity contribution >= 4 is 5.82 Å². The van der Waals surface area contributed by atoms with Crippen molar-refractivity contribution in [1.29, 1.82) is 5.26 Å². The van der Waals surface area contributed by atoms with Crippen LogP contribution in [0.3, 0.4) is 0 Å². The molecule has 27 heavy (non-hydrogen) atoms. The Morgan fingerprint density at radius 3 is 2.41 bits per heavy atom. The molecule has 0 atom stereocenters. The maximum absolute atomic E-state index is 9.08. The van der Waals surface area contributed by atoms with Gasteiger partial charge in [-0.2, -0.15) is 5.26 Å². The van der Waals surface area contributed by atoms with E-state index in [-0.39, 0.29) is 0 Å². The minimum absolute atomic E-state index is 0.675. The number of hydrogen-bond acceptors (Lipinski definition) is 4. The number of aromatic nitrogens is 1. The topological polar surface area (TPSA) is 49.1 Å². The number of nitrogens with zero attached hydrogens (tertiary/aromatic N) is 3. The van der Waals surface area contributed by atoms with Crippen molar-refractivity contribution in [2.75, 3.05) is 25.6 Å². The van der Waals surface area contributed by atoms with Crippen LogP contribution in [0.25, 0.3) is 22.4 Å². The van der Waals surface area contributed by atoms with Crippen LogP contribution in [-0.4, -0.2) is 25.7 Å². The van der Waals surface area contributed by atoms with Gasteiger partial charge in [0.15, 0.2) is 0 Å².